The van der Waals surface area contributed by atoms with Crippen LogP contribution in [0.4, 0.5) is 17.1 Å². The van der Waals surface area contributed by atoms with Gasteiger partial charge in [-0.15, -0.1) is 0 Å². The maximum absolute atomic E-state index is 12.9. The van der Waals surface area contributed by atoms with Crippen molar-refractivity contribution in [3.8, 4) is 17.6 Å². The normalized spacial score (nSPS) is 14.3. The Hall–Kier alpha value is -3.70. The Balaban J connectivity index is 1.45. The lowest BCUT2D eigenvalue weighted by atomic mass is 10.1. The van der Waals surface area contributed by atoms with Gasteiger partial charge in [0, 0.05) is 45.5 Å². The zero-order chi connectivity index (χ0) is 23.5. The van der Waals surface area contributed by atoms with Gasteiger partial charge in [0.05, 0.1) is 35.3 Å². The summed E-state index contributed by atoms with van der Waals surface area (Å²) in [5.74, 6) is 0.737. The first-order valence-electron chi connectivity index (χ1n) is 10.5. The fourth-order valence-corrected chi connectivity index (χ4v) is 4.10. The molecular formula is C24H23ClN4O4. The molecule has 8 nitrogen and oxygen atoms in total. The molecule has 0 bridgehead atoms. The number of nitrogens with zero attached hydrogens (tertiary/aromatic N) is 3. The van der Waals surface area contributed by atoms with E-state index in [1.165, 1.54) is 0 Å². The van der Waals surface area contributed by atoms with Crippen molar-refractivity contribution >= 4 is 40.4 Å². The maximum Gasteiger partial charge on any atom is 0.224 e. The van der Waals surface area contributed by atoms with Crippen molar-refractivity contribution in [2.75, 3.05) is 42.4 Å². The number of anilines is 3. The van der Waals surface area contributed by atoms with Crippen LogP contribution in [0.5, 0.6) is 11.5 Å². The van der Waals surface area contributed by atoms with Crippen LogP contribution in [0.1, 0.15) is 19.3 Å². The van der Waals surface area contributed by atoms with Gasteiger partial charge in [-0.1, -0.05) is 23.7 Å². The Labute approximate surface area is 196 Å². The van der Waals surface area contributed by atoms with E-state index in [0.717, 1.165) is 17.8 Å². The van der Waals surface area contributed by atoms with Gasteiger partial charge >= 0.3 is 0 Å². The first kappa shape index (κ1) is 22.5. The molecule has 0 saturated carbocycles. The number of para-hydroxylation sites is 2. The number of allylic oxidation sites excluding steroid dienone is 1. The number of halogens is 1. The third-order valence-corrected chi connectivity index (χ3v) is 5.86. The summed E-state index contributed by atoms with van der Waals surface area (Å²) in [4.78, 5) is 29.0. The Kier molecular flexibility index (Phi) is 6.43. The van der Waals surface area contributed by atoms with Crippen LogP contribution in [-0.2, 0) is 9.59 Å². The highest BCUT2D eigenvalue weighted by molar-refractivity contribution is 6.34. The van der Waals surface area contributed by atoms with Gasteiger partial charge in [0.15, 0.2) is 17.3 Å². The lowest BCUT2D eigenvalue weighted by Crippen LogP contribution is -2.26. The summed E-state index contributed by atoms with van der Waals surface area (Å²) in [6, 6.07) is 12.9. The minimum absolute atomic E-state index is 0.0117. The standard InChI is InChI=1S/C24H23ClN4O4/c1-28-18-6-3-4-7-19(18)29(2)24(28)15(14-26)20(30)8-9-23(31)27-17-13-22-21(12-16(17)25)32-10-5-11-33-22/h3-4,6-7,12-13H,5,8-11H2,1-2H3,(H,27,31). The lowest BCUT2D eigenvalue weighted by Gasteiger charge is -2.20. The summed E-state index contributed by atoms with van der Waals surface area (Å²) in [5.41, 5.74) is 2.19. The first-order chi connectivity index (χ1) is 15.9. The molecule has 0 radical (unpaired) electrons. The highest BCUT2D eigenvalue weighted by atomic mass is 35.5. The quantitative estimate of drug-likeness (QED) is 0.523. The van der Waals surface area contributed by atoms with E-state index in [1.54, 1.807) is 26.2 Å². The van der Waals surface area contributed by atoms with Crippen molar-refractivity contribution in [1.29, 1.82) is 5.26 Å². The summed E-state index contributed by atoms with van der Waals surface area (Å²) in [5, 5.41) is 12.7. The van der Waals surface area contributed by atoms with Crippen molar-refractivity contribution in [2.24, 2.45) is 0 Å². The van der Waals surface area contributed by atoms with Gasteiger partial charge in [-0.05, 0) is 12.1 Å². The molecule has 0 spiro atoms. The van der Waals surface area contributed by atoms with E-state index < -0.39 is 11.7 Å². The van der Waals surface area contributed by atoms with E-state index in [-0.39, 0.29) is 18.4 Å². The van der Waals surface area contributed by atoms with Crippen LogP contribution in [0.3, 0.4) is 0 Å². The molecule has 0 fully saturated rings. The Bertz CT molecular complexity index is 1160. The summed E-state index contributed by atoms with van der Waals surface area (Å²) >= 11 is 6.28. The fraction of sp³-hybridized carbons (Fsp3) is 0.292. The molecule has 4 rings (SSSR count). The average molecular weight is 467 g/mol. The number of carbonyl (C=O) groups is 2. The van der Waals surface area contributed by atoms with Crippen molar-refractivity contribution < 1.29 is 19.1 Å². The number of ether oxygens (including phenoxy) is 2. The van der Waals surface area contributed by atoms with Crippen LogP contribution < -0.4 is 24.6 Å². The van der Waals surface area contributed by atoms with Crippen LogP contribution in [0.15, 0.2) is 47.8 Å². The average Bonchev–Trinajstić information content (AvgIpc) is 2.95. The lowest BCUT2D eigenvalue weighted by molar-refractivity contribution is -0.120. The predicted molar refractivity (Wildman–Crippen MR) is 126 cm³/mol. The van der Waals surface area contributed by atoms with Gasteiger partial charge in [-0.25, -0.2) is 0 Å². The summed E-state index contributed by atoms with van der Waals surface area (Å²) < 4.78 is 11.2. The molecule has 2 aliphatic rings. The van der Waals surface area contributed by atoms with Crippen molar-refractivity contribution in [1.82, 2.24) is 0 Å². The van der Waals surface area contributed by atoms with Crippen molar-refractivity contribution in [3.63, 3.8) is 0 Å². The summed E-state index contributed by atoms with van der Waals surface area (Å²) in [6.45, 7) is 1.04. The Morgan fingerprint density at radius 3 is 2.27 bits per heavy atom. The number of benzene rings is 2. The van der Waals surface area contributed by atoms with E-state index in [9.17, 15) is 14.9 Å². The van der Waals surface area contributed by atoms with E-state index in [1.807, 2.05) is 40.1 Å². The van der Waals surface area contributed by atoms with Crippen LogP contribution in [-0.4, -0.2) is 39.0 Å². The van der Waals surface area contributed by atoms with Gasteiger partial charge in [-0.2, -0.15) is 5.26 Å². The molecule has 0 atom stereocenters. The zero-order valence-corrected chi connectivity index (χ0v) is 19.1. The molecule has 33 heavy (non-hydrogen) atoms. The molecule has 0 aliphatic carbocycles. The SMILES string of the molecule is CN1C(=C(C#N)C(=O)CCC(=O)Nc2cc3c(cc2Cl)OCCCO3)N(C)c2ccccc21. The number of ketones is 1. The topological polar surface area (TPSA) is 94.9 Å². The largest absolute Gasteiger partial charge is 0.490 e. The van der Waals surface area contributed by atoms with Gasteiger partial charge in [-0.3, -0.25) is 9.59 Å². The second-order valence-electron chi connectivity index (χ2n) is 7.72. The number of nitrogens with one attached hydrogen (secondary N) is 1. The minimum Gasteiger partial charge on any atom is -0.490 e. The summed E-state index contributed by atoms with van der Waals surface area (Å²) in [7, 11) is 3.61. The second kappa shape index (κ2) is 9.43. The number of Topliss-reactive ketones (excluding diaryl/α,β-unsaturated/α-hetero) is 1. The first-order valence-corrected chi connectivity index (χ1v) is 10.9. The molecule has 2 aromatic rings. The molecule has 2 heterocycles. The highest BCUT2D eigenvalue weighted by Crippen LogP contribution is 2.41. The number of hydrogen-bond donors (Lipinski definition) is 1. The Morgan fingerprint density at radius 2 is 1.67 bits per heavy atom. The van der Waals surface area contributed by atoms with E-state index >= 15 is 0 Å². The smallest absolute Gasteiger partial charge is 0.224 e. The monoisotopic (exact) mass is 466 g/mol. The molecule has 0 aromatic heterocycles. The molecule has 1 N–H and O–H groups in total. The number of carbonyl (C=O) groups excluding carboxylic acids is 2. The zero-order valence-electron chi connectivity index (χ0n) is 18.4. The molecule has 2 aromatic carbocycles. The fourth-order valence-electron chi connectivity index (χ4n) is 3.90. The second-order valence-corrected chi connectivity index (χ2v) is 8.12. The van der Waals surface area contributed by atoms with Crippen molar-refractivity contribution in [3.05, 3.63) is 52.8 Å². The van der Waals surface area contributed by atoms with Gasteiger partial charge < -0.3 is 24.6 Å². The number of amides is 1. The maximum atomic E-state index is 12.9. The molecule has 1 amide bonds. The number of hydrogen-bond acceptors (Lipinski definition) is 7. The molecule has 9 heteroatoms. The van der Waals surface area contributed by atoms with Gasteiger partial charge in [0.1, 0.15) is 17.5 Å². The van der Waals surface area contributed by atoms with E-state index in [0.29, 0.717) is 41.2 Å². The molecule has 0 saturated heterocycles. The number of rotatable bonds is 5. The third-order valence-electron chi connectivity index (χ3n) is 5.54. The molecule has 170 valence electrons. The molecule has 0 unspecified atom stereocenters. The highest BCUT2D eigenvalue weighted by Gasteiger charge is 2.31. The predicted octanol–water partition coefficient (Wildman–Crippen LogP) is 4.11. The summed E-state index contributed by atoms with van der Waals surface area (Å²) in [6.07, 6.45) is 0.545. The van der Waals surface area contributed by atoms with E-state index in [2.05, 4.69) is 5.32 Å². The van der Waals surface area contributed by atoms with Crippen LogP contribution >= 0.6 is 11.6 Å². The van der Waals surface area contributed by atoms with Crippen LogP contribution in [0, 0.1) is 11.3 Å². The molecule has 2 aliphatic heterocycles. The van der Waals surface area contributed by atoms with Gasteiger partial charge in [0.2, 0.25) is 5.91 Å². The van der Waals surface area contributed by atoms with Crippen molar-refractivity contribution in [2.45, 2.75) is 19.3 Å². The van der Waals surface area contributed by atoms with Crippen LogP contribution in [0.2, 0.25) is 5.02 Å². The van der Waals surface area contributed by atoms with Crippen LogP contribution in [0.25, 0.3) is 0 Å². The minimum atomic E-state index is -0.404. The number of fused-ring (bicyclic) bond motifs is 2. The third kappa shape index (κ3) is 4.45. The van der Waals surface area contributed by atoms with E-state index in [4.69, 9.17) is 21.1 Å². The number of nitriles is 1. The van der Waals surface area contributed by atoms with Gasteiger partial charge in [0.25, 0.3) is 0 Å². The molecular weight excluding hydrogens is 444 g/mol. The Morgan fingerprint density at radius 1 is 1.06 bits per heavy atom.